The van der Waals surface area contributed by atoms with Gasteiger partial charge in [-0.3, -0.25) is 4.99 Å². The summed E-state index contributed by atoms with van der Waals surface area (Å²) in [6.45, 7) is 7.40. The molecule has 4 nitrogen and oxygen atoms in total. The first-order valence-corrected chi connectivity index (χ1v) is 6.78. The van der Waals surface area contributed by atoms with Crippen molar-refractivity contribution < 1.29 is 0 Å². The third-order valence-corrected chi connectivity index (χ3v) is 3.59. The van der Waals surface area contributed by atoms with Crippen molar-refractivity contribution in [3.05, 3.63) is 0 Å². The molecule has 0 saturated carbocycles. The zero-order valence-electron chi connectivity index (χ0n) is 11.9. The van der Waals surface area contributed by atoms with Crippen LogP contribution in [0.2, 0.25) is 0 Å². The molecule has 0 atom stereocenters. The van der Waals surface area contributed by atoms with Crippen molar-refractivity contribution in [2.24, 2.45) is 10.7 Å². The molecule has 1 heterocycles. The molecule has 0 fully saturated rings. The Balaban J connectivity index is 2.73. The summed E-state index contributed by atoms with van der Waals surface area (Å²) in [7, 11) is 4.20. The highest BCUT2D eigenvalue weighted by molar-refractivity contribution is 5.81. The van der Waals surface area contributed by atoms with Crippen LogP contribution < -0.4 is 5.73 Å². The third kappa shape index (κ3) is 3.35. The van der Waals surface area contributed by atoms with E-state index < -0.39 is 0 Å². The van der Waals surface area contributed by atoms with Crippen LogP contribution in [0.15, 0.2) is 4.99 Å². The smallest absolute Gasteiger partial charge is 0.191 e. The number of aliphatic imine (C=N–C) groups is 1. The number of guanidine groups is 1. The van der Waals surface area contributed by atoms with Gasteiger partial charge >= 0.3 is 0 Å². The summed E-state index contributed by atoms with van der Waals surface area (Å²) < 4.78 is 0. The van der Waals surface area contributed by atoms with E-state index in [0.717, 1.165) is 25.6 Å². The van der Waals surface area contributed by atoms with Crippen LogP contribution >= 0.6 is 0 Å². The number of nitrogens with two attached hydrogens (primary N) is 1. The minimum Gasteiger partial charge on any atom is -0.370 e. The standard InChI is InChI=1S/C13H28N4/c1-5-7-13(8-6-2)11-15-12(14)17(13)10-9-16(3)4/h5-11H2,1-4H3,(H2,14,15). The van der Waals surface area contributed by atoms with Crippen molar-refractivity contribution in [2.75, 3.05) is 33.7 Å². The van der Waals surface area contributed by atoms with Crippen molar-refractivity contribution in [1.82, 2.24) is 9.80 Å². The van der Waals surface area contributed by atoms with Crippen LogP contribution in [0.4, 0.5) is 0 Å². The first kappa shape index (κ1) is 14.3. The highest BCUT2D eigenvalue weighted by Gasteiger charge is 2.40. The molecule has 0 aromatic heterocycles. The topological polar surface area (TPSA) is 44.9 Å². The summed E-state index contributed by atoms with van der Waals surface area (Å²) in [6.07, 6.45) is 4.78. The SMILES string of the molecule is CCCC1(CCC)CN=C(N)N1CCN(C)C. The number of likely N-dealkylation sites (N-methyl/N-ethyl adjacent to an activating group) is 1. The van der Waals surface area contributed by atoms with E-state index in [1.54, 1.807) is 0 Å². The lowest BCUT2D eigenvalue weighted by atomic mass is 9.87. The van der Waals surface area contributed by atoms with Crippen LogP contribution in [-0.4, -0.2) is 55.0 Å². The maximum absolute atomic E-state index is 6.06. The molecule has 4 heteroatoms. The second kappa shape index (κ2) is 6.24. The number of hydrogen-bond acceptors (Lipinski definition) is 4. The zero-order chi connectivity index (χ0) is 12.9. The number of rotatable bonds is 7. The molecule has 0 saturated heterocycles. The second-order valence-electron chi connectivity index (χ2n) is 5.35. The minimum absolute atomic E-state index is 0.198. The van der Waals surface area contributed by atoms with Crippen LogP contribution in [0, 0.1) is 0 Å². The molecule has 0 unspecified atom stereocenters. The molecule has 100 valence electrons. The lowest BCUT2D eigenvalue weighted by molar-refractivity contribution is 0.158. The quantitative estimate of drug-likeness (QED) is 0.734. The van der Waals surface area contributed by atoms with Crippen molar-refractivity contribution in [3.8, 4) is 0 Å². The van der Waals surface area contributed by atoms with Gasteiger partial charge in [-0.15, -0.1) is 0 Å². The second-order valence-corrected chi connectivity index (χ2v) is 5.35. The molecule has 0 aromatic rings. The third-order valence-electron chi connectivity index (χ3n) is 3.59. The molecule has 0 radical (unpaired) electrons. The van der Waals surface area contributed by atoms with Crippen molar-refractivity contribution in [1.29, 1.82) is 0 Å². The molecule has 1 rings (SSSR count). The van der Waals surface area contributed by atoms with Gasteiger partial charge in [0.2, 0.25) is 0 Å². The lowest BCUT2D eigenvalue weighted by Crippen LogP contribution is -2.53. The van der Waals surface area contributed by atoms with E-state index in [2.05, 4.69) is 42.7 Å². The Hall–Kier alpha value is -0.770. The van der Waals surface area contributed by atoms with E-state index >= 15 is 0 Å². The van der Waals surface area contributed by atoms with E-state index in [9.17, 15) is 0 Å². The van der Waals surface area contributed by atoms with Gasteiger partial charge in [0, 0.05) is 13.1 Å². The first-order chi connectivity index (χ1) is 8.05. The largest absolute Gasteiger partial charge is 0.370 e. The molecule has 0 bridgehead atoms. The van der Waals surface area contributed by atoms with Gasteiger partial charge in [-0.2, -0.15) is 0 Å². The Morgan fingerprint density at radius 1 is 1.29 bits per heavy atom. The van der Waals surface area contributed by atoms with Gasteiger partial charge in [0.25, 0.3) is 0 Å². The minimum atomic E-state index is 0.198. The molecule has 17 heavy (non-hydrogen) atoms. The molecule has 0 aliphatic carbocycles. The summed E-state index contributed by atoms with van der Waals surface area (Å²) in [4.78, 5) is 9.04. The van der Waals surface area contributed by atoms with Gasteiger partial charge in [0.15, 0.2) is 5.96 Å². The Kier molecular flexibility index (Phi) is 5.25. The first-order valence-electron chi connectivity index (χ1n) is 6.78. The monoisotopic (exact) mass is 240 g/mol. The Morgan fingerprint density at radius 3 is 2.35 bits per heavy atom. The highest BCUT2D eigenvalue weighted by atomic mass is 15.4. The molecule has 2 N–H and O–H groups in total. The predicted molar refractivity (Wildman–Crippen MR) is 74.3 cm³/mol. The Labute approximate surface area is 106 Å². The number of hydrogen-bond donors (Lipinski definition) is 1. The van der Waals surface area contributed by atoms with Crippen LogP contribution in [-0.2, 0) is 0 Å². The Bertz CT molecular complexity index is 254. The molecule has 0 spiro atoms. The summed E-state index contributed by atoms with van der Waals surface area (Å²) >= 11 is 0. The van der Waals surface area contributed by atoms with Crippen LogP contribution in [0.25, 0.3) is 0 Å². The lowest BCUT2D eigenvalue weighted by Gasteiger charge is -2.40. The van der Waals surface area contributed by atoms with Crippen LogP contribution in [0.5, 0.6) is 0 Å². The van der Waals surface area contributed by atoms with E-state index in [0.29, 0.717) is 0 Å². The van der Waals surface area contributed by atoms with Crippen molar-refractivity contribution in [3.63, 3.8) is 0 Å². The average Bonchev–Trinajstić information content (AvgIpc) is 2.55. The molecular formula is C13H28N4. The fraction of sp³-hybridized carbons (Fsp3) is 0.923. The van der Waals surface area contributed by atoms with E-state index in [-0.39, 0.29) is 5.54 Å². The van der Waals surface area contributed by atoms with Crippen molar-refractivity contribution in [2.45, 2.75) is 45.1 Å². The summed E-state index contributed by atoms with van der Waals surface area (Å²) in [6, 6.07) is 0. The van der Waals surface area contributed by atoms with Crippen molar-refractivity contribution >= 4 is 5.96 Å². The highest BCUT2D eigenvalue weighted by Crippen LogP contribution is 2.31. The van der Waals surface area contributed by atoms with Gasteiger partial charge in [0.05, 0.1) is 12.1 Å². The van der Waals surface area contributed by atoms with E-state index in [4.69, 9.17) is 5.73 Å². The molecular weight excluding hydrogens is 212 g/mol. The fourth-order valence-corrected chi connectivity index (χ4v) is 2.78. The number of nitrogens with zero attached hydrogens (tertiary/aromatic N) is 3. The zero-order valence-corrected chi connectivity index (χ0v) is 11.9. The summed E-state index contributed by atoms with van der Waals surface area (Å²) in [5, 5.41) is 0. The van der Waals surface area contributed by atoms with Crippen LogP contribution in [0.3, 0.4) is 0 Å². The fourth-order valence-electron chi connectivity index (χ4n) is 2.78. The Morgan fingerprint density at radius 2 is 1.88 bits per heavy atom. The molecule has 0 amide bonds. The predicted octanol–water partition coefficient (Wildman–Crippen LogP) is 1.52. The van der Waals surface area contributed by atoms with Gasteiger partial charge in [0.1, 0.15) is 0 Å². The van der Waals surface area contributed by atoms with Gasteiger partial charge in [-0.05, 0) is 26.9 Å². The summed E-state index contributed by atoms with van der Waals surface area (Å²) in [5.41, 5.74) is 6.26. The average molecular weight is 240 g/mol. The summed E-state index contributed by atoms with van der Waals surface area (Å²) in [5.74, 6) is 0.744. The molecule has 1 aliphatic rings. The van der Waals surface area contributed by atoms with Crippen LogP contribution in [0.1, 0.15) is 39.5 Å². The van der Waals surface area contributed by atoms with E-state index in [1.165, 1.54) is 25.7 Å². The molecule has 1 aliphatic heterocycles. The maximum atomic E-state index is 6.06. The van der Waals surface area contributed by atoms with Gasteiger partial charge in [-0.25, -0.2) is 0 Å². The maximum Gasteiger partial charge on any atom is 0.191 e. The molecule has 0 aromatic carbocycles. The van der Waals surface area contributed by atoms with Gasteiger partial charge < -0.3 is 15.5 Å². The van der Waals surface area contributed by atoms with E-state index in [1.807, 2.05) is 0 Å². The van der Waals surface area contributed by atoms with Gasteiger partial charge in [-0.1, -0.05) is 26.7 Å². The normalized spacial score (nSPS) is 18.9.